The first-order valence-corrected chi connectivity index (χ1v) is 11.2. The van der Waals surface area contributed by atoms with Crippen LogP contribution in [0.5, 0.6) is 0 Å². The molecule has 32 heavy (non-hydrogen) atoms. The number of anilines is 1. The van der Waals surface area contributed by atoms with Crippen molar-refractivity contribution in [3.05, 3.63) is 78.3 Å². The Balaban J connectivity index is 1.27. The van der Waals surface area contributed by atoms with Crippen LogP contribution in [0.1, 0.15) is 34.6 Å². The first-order valence-electron chi connectivity index (χ1n) is 11.2. The quantitative estimate of drug-likeness (QED) is 0.595. The Morgan fingerprint density at radius 1 is 1.16 bits per heavy atom. The molecule has 0 unspecified atom stereocenters. The molecule has 3 heterocycles. The van der Waals surface area contributed by atoms with Crippen molar-refractivity contribution in [2.75, 3.05) is 24.5 Å². The number of nitrogens with zero attached hydrogens (tertiary/aromatic N) is 4. The highest BCUT2D eigenvalue weighted by Crippen LogP contribution is 2.30. The van der Waals surface area contributed by atoms with Gasteiger partial charge in [0.1, 0.15) is 5.82 Å². The summed E-state index contributed by atoms with van der Waals surface area (Å²) >= 11 is 0. The fourth-order valence-corrected chi connectivity index (χ4v) is 4.80. The van der Waals surface area contributed by atoms with E-state index in [1.54, 1.807) is 4.90 Å². The predicted octanol–water partition coefficient (Wildman–Crippen LogP) is 3.80. The van der Waals surface area contributed by atoms with E-state index in [4.69, 9.17) is 0 Å². The van der Waals surface area contributed by atoms with Crippen LogP contribution in [0.15, 0.2) is 61.3 Å². The zero-order valence-electron chi connectivity index (χ0n) is 18.0. The largest absolute Gasteiger partial charge is 0.338 e. The van der Waals surface area contributed by atoms with E-state index in [0.29, 0.717) is 24.6 Å². The van der Waals surface area contributed by atoms with Crippen LogP contribution in [0.3, 0.4) is 0 Å². The number of hydrogen-bond donors (Lipinski definition) is 0. The molecule has 1 atom stereocenters. The molecule has 2 aliphatic rings. The van der Waals surface area contributed by atoms with Crippen molar-refractivity contribution in [3.8, 4) is 0 Å². The molecule has 6 heteroatoms. The second-order valence-electron chi connectivity index (χ2n) is 8.60. The molecule has 2 aliphatic heterocycles. The minimum Gasteiger partial charge on any atom is -0.338 e. The lowest BCUT2D eigenvalue weighted by Crippen LogP contribution is -2.34. The molecular formula is C26H26N4O2. The molecule has 0 bridgehead atoms. The average Bonchev–Trinajstić information content (AvgIpc) is 3.30. The lowest BCUT2D eigenvalue weighted by atomic mass is 9.98. The fraction of sp³-hybridized carbons (Fsp3) is 0.308. The molecule has 0 radical (unpaired) electrons. The van der Waals surface area contributed by atoms with Crippen molar-refractivity contribution >= 4 is 28.4 Å². The number of rotatable bonds is 4. The summed E-state index contributed by atoms with van der Waals surface area (Å²) < 4.78 is 0. The molecule has 0 N–H and O–H groups in total. The number of para-hydroxylation sites is 1. The van der Waals surface area contributed by atoms with Crippen molar-refractivity contribution in [2.24, 2.45) is 5.92 Å². The number of hydrogen-bond acceptors (Lipinski definition) is 4. The van der Waals surface area contributed by atoms with E-state index in [0.717, 1.165) is 60.2 Å². The predicted molar refractivity (Wildman–Crippen MR) is 125 cm³/mol. The lowest BCUT2D eigenvalue weighted by Gasteiger charge is -2.29. The van der Waals surface area contributed by atoms with Gasteiger partial charge in [-0.1, -0.05) is 24.8 Å². The van der Waals surface area contributed by atoms with Crippen LogP contribution < -0.4 is 4.90 Å². The molecule has 3 aromatic rings. The minimum atomic E-state index is -0.0941. The van der Waals surface area contributed by atoms with Crippen molar-refractivity contribution < 1.29 is 9.59 Å². The van der Waals surface area contributed by atoms with Gasteiger partial charge in [0, 0.05) is 48.9 Å². The Morgan fingerprint density at radius 3 is 2.91 bits per heavy atom. The molecule has 1 saturated heterocycles. The monoisotopic (exact) mass is 426 g/mol. The summed E-state index contributed by atoms with van der Waals surface area (Å²) in [4.78, 5) is 38.2. The second-order valence-corrected chi connectivity index (χ2v) is 8.60. The van der Waals surface area contributed by atoms with Gasteiger partial charge in [-0.25, -0.2) is 9.97 Å². The van der Waals surface area contributed by atoms with Crippen LogP contribution in [0.4, 0.5) is 5.69 Å². The van der Waals surface area contributed by atoms with Gasteiger partial charge in [-0.3, -0.25) is 9.59 Å². The normalized spacial score (nSPS) is 17.9. The number of aryl methyl sites for hydroxylation is 1. The maximum absolute atomic E-state index is 13.2. The molecule has 2 amide bonds. The van der Waals surface area contributed by atoms with Gasteiger partial charge >= 0.3 is 0 Å². The topological polar surface area (TPSA) is 66.4 Å². The maximum atomic E-state index is 13.2. The van der Waals surface area contributed by atoms with Gasteiger partial charge in [0.15, 0.2) is 0 Å². The third kappa shape index (κ3) is 3.88. The van der Waals surface area contributed by atoms with E-state index >= 15 is 0 Å². The Hall–Kier alpha value is -3.54. The molecule has 1 fully saturated rings. The fourth-order valence-electron chi connectivity index (χ4n) is 4.80. The standard InChI is InChI=1S/C26H26N4O2/c1-2-25(31)30-12-5-7-19-15-20(9-10-23(19)30)26(32)29-13-11-18(17-29)14-24-27-16-21-6-3-4-8-22(21)28-24/h2-4,6,8-10,15-16,18H,1,5,7,11-14,17H2/t18-/m0/s1. The van der Waals surface area contributed by atoms with Gasteiger partial charge in [0.2, 0.25) is 5.91 Å². The molecule has 162 valence electrons. The highest BCUT2D eigenvalue weighted by Gasteiger charge is 2.29. The first kappa shape index (κ1) is 20.4. The van der Waals surface area contributed by atoms with Gasteiger partial charge in [0.25, 0.3) is 5.91 Å². The minimum absolute atomic E-state index is 0.0573. The number of carbonyl (C=O) groups is 2. The van der Waals surface area contributed by atoms with Gasteiger partial charge in [-0.2, -0.15) is 0 Å². The zero-order valence-corrected chi connectivity index (χ0v) is 18.0. The van der Waals surface area contributed by atoms with Gasteiger partial charge in [-0.15, -0.1) is 0 Å². The van der Waals surface area contributed by atoms with Crippen molar-refractivity contribution in [2.45, 2.75) is 25.7 Å². The van der Waals surface area contributed by atoms with E-state index in [1.807, 2.05) is 53.6 Å². The molecule has 0 spiro atoms. The molecular weight excluding hydrogens is 400 g/mol. The van der Waals surface area contributed by atoms with E-state index in [9.17, 15) is 9.59 Å². The van der Waals surface area contributed by atoms with Crippen LogP contribution >= 0.6 is 0 Å². The van der Waals surface area contributed by atoms with Crippen molar-refractivity contribution in [1.29, 1.82) is 0 Å². The van der Waals surface area contributed by atoms with Crippen LogP contribution in [0.25, 0.3) is 10.9 Å². The summed E-state index contributed by atoms with van der Waals surface area (Å²) in [7, 11) is 0. The molecule has 0 saturated carbocycles. The summed E-state index contributed by atoms with van der Waals surface area (Å²) in [6.07, 6.45) is 6.72. The summed E-state index contributed by atoms with van der Waals surface area (Å²) in [5, 5.41) is 1.04. The summed E-state index contributed by atoms with van der Waals surface area (Å²) in [5.74, 6) is 1.16. The first-order chi connectivity index (χ1) is 15.6. The molecule has 5 rings (SSSR count). The van der Waals surface area contributed by atoms with E-state index < -0.39 is 0 Å². The van der Waals surface area contributed by atoms with Crippen LogP contribution in [-0.2, 0) is 17.6 Å². The highest BCUT2D eigenvalue weighted by atomic mass is 16.2. The molecule has 1 aromatic heterocycles. The Morgan fingerprint density at radius 2 is 2.03 bits per heavy atom. The number of amides is 2. The van der Waals surface area contributed by atoms with Crippen molar-refractivity contribution in [1.82, 2.24) is 14.9 Å². The SMILES string of the molecule is C=CC(=O)N1CCCc2cc(C(=O)N3CC[C@@H](Cc4ncc5ccccc5n4)C3)ccc21. The number of likely N-dealkylation sites (tertiary alicyclic amines) is 1. The smallest absolute Gasteiger partial charge is 0.253 e. The number of aromatic nitrogens is 2. The molecule has 0 aliphatic carbocycles. The molecule has 2 aromatic carbocycles. The zero-order chi connectivity index (χ0) is 22.1. The Bertz CT molecular complexity index is 1210. The second kappa shape index (κ2) is 8.54. The summed E-state index contributed by atoms with van der Waals surface area (Å²) in [6, 6.07) is 13.7. The number of benzene rings is 2. The number of fused-ring (bicyclic) bond motifs is 2. The van der Waals surface area contributed by atoms with E-state index in [-0.39, 0.29) is 11.8 Å². The number of carbonyl (C=O) groups excluding carboxylic acids is 2. The van der Waals surface area contributed by atoms with E-state index in [1.165, 1.54) is 6.08 Å². The Labute approximate surface area is 187 Å². The third-order valence-electron chi connectivity index (χ3n) is 6.47. The Kier molecular flexibility index (Phi) is 5.43. The van der Waals surface area contributed by atoms with Crippen LogP contribution in [-0.4, -0.2) is 46.3 Å². The van der Waals surface area contributed by atoms with E-state index in [2.05, 4.69) is 16.5 Å². The highest BCUT2D eigenvalue weighted by molar-refractivity contribution is 6.02. The summed E-state index contributed by atoms with van der Waals surface area (Å²) in [6.45, 7) is 5.75. The summed E-state index contributed by atoms with van der Waals surface area (Å²) in [5.41, 5.74) is 3.60. The van der Waals surface area contributed by atoms with Gasteiger partial charge < -0.3 is 9.80 Å². The van der Waals surface area contributed by atoms with Crippen LogP contribution in [0, 0.1) is 5.92 Å². The lowest BCUT2D eigenvalue weighted by molar-refractivity contribution is -0.114. The van der Waals surface area contributed by atoms with Gasteiger partial charge in [-0.05, 0) is 61.1 Å². The van der Waals surface area contributed by atoms with Gasteiger partial charge in [0.05, 0.1) is 5.52 Å². The van der Waals surface area contributed by atoms with Crippen LogP contribution in [0.2, 0.25) is 0 Å². The maximum Gasteiger partial charge on any atom is 0.253 e. The van der Waals surface area contributed by atoms with Crippen molar-refractivity contribution in [3.63, 3.8) is 0 Å². The molecule has 6 nitrogen and oxygen atoms in total. The average molecular weight is 427 g/mol. The third-order valence-corrected chi connectivity index (χ3v) is 6.47.